The minimum Gasteiger partial charge on any atom is -0.481 e. The van der Waals surface area contributed by atoms with Gasteiger partial charge in [-0.15, -0.1) is 0 Å². The Balaban J connectivity index is 2.34. The molecule has 0 aliphatic carbocycles. The number of aromatic nitrogens is 3. The van der Waals surface area contributed by atoms with E-state index in [4.69, 9.17) is 5.11 Å². The number of carbonyl (C=O) groups is 2. The van der Waals surface area contributed by atoms with Gasteiger partial charge in [-0.25, -0.2) is 4.98 Å². The molecule has 1 aromatic rings. The van der Waals surface area contributed by atoms with Gasteiger partial charge in [0.05, 0.1) is 12.5 Å². The molecule has 1 amide bonds. The second-order valence-corrected chi connectivity index (χ2v) is 3.92. The average Bonchev–Trinajstić information content (AvgIpc) is 2.78. The summed E-state index contributed by atoms with van der Waals surface area (Å²) in [6.07, 6.45) is 3.22. The first kappa shape index (κ1) is 13.1. The molecule has 0 aliphatic heterocycles. The van der Waals surface area contributed by atoms with Crippen LogP contribution >= 0.6 is 0 Å². The second kappa shape index (κ2) is 5.97. The van der Waals surface area contributed by atoms with Gasteiger partial charge in [-0.1, -0.05) is 6.92 Å². The molecule has 1 N–H and O–H groups in total. The summed E-state index contributed by atoms with van der Waals surface area (Å²) in [5.41, 5.74) is 0. The first-order valence-corrected chi connectivity index (χ1v) is 5.30. The monoisotopic (exact) mass is 240 g/mol. The van der Waals surface area contributed by atoms with Crippen molar-refractivity contribution in [3.05, 3.63) is 12.7 Å². The lowest BCUT2D eigenvalue weighted by molar-refractivity contribution is -0.142. The van der Waals surface area contributed by atoms with Crippen LogP contribution in [-0.4, -0.2) is 50.2 Å². The van der Waals surface area contributed by atoms with E-state index < -0.39 is 11.9 Å². The van der Waals surface area contributed by atoms with Gasteiger partial charge < -0.3 is 10.0 Å². The number of aryl methyl sites for hydroxylation is 1. The first-order chi connectivity index (χ1) is 8.00. The molecule has 0 bridgehead atoms. The normalized spacial score (nSPS) is 12.1. The molecule has 1 atom stereocenters. The molecular formula is C10H16N4O3. The molecule has 0 aromatic carbocycles. The van der Waals surface area contributed by atoms with E-state index in [1.807, 2.05) is 0 Å². The molecule has 17 heavy (non-hydrogen) atoms. The Hall–Kier alpha value is -1.92. The Kier molecular flexibility index (Phi) is 4.62. The number of carboxylic acid groups (broad SMARTS) is 1. The number of rotatable bonds is 6. The van der Waals surface area contributed by atoms with Crippen LogP contribution in [0.1, 0.15) is 13.3 Å². The molecule has 1 heterocycles. The Bertz CT molecular complexity index is 377. The van der Waals surface area contributed by atoms with Crippen molar-refractivity contribution in [2.75, 3.05) is 13.6 Å². The maximum atomic E-state index is 11.7. The van der Waals surface area contributed by atoms with Crippen molar-refractivity contribution in [2.24, 2.45) is 5.92 Å². The van der Waals surface area contributed by atoms with Crippen molar-refractivity contribution >= 4 is 11.9 Å². The van der Waals surface area contributed by atoms with Crippen molar-refractivity contribution < 1.29 is 14.7 Å². The van der Waals surface area contributed by atoms with Crippen molar-refractivity contribution in [1.29, 1.82) is 0 Å². The zero-order valence-corrected chi connectivity index (χ0v) is 9.91. The minimum absolute atomic E-state index is 0.103. The van der Waals surface area contributed by atoms with Gasteiger partial charge in [-0.2, -0.15) is 5.10 Å². The van der Waals surface area contributed by atoms with Gasteiger partial charge >= 0.3 is 5.97 Å². The zero-order valence-electron chi connectivity index (χ0n) is 9.91. The SMILES string of the molecule is CC(CN(C)C(=O)CCn1cncn1)C(=O)O. The number of amides is 1. The number of carbonyl (C=O) groups excluding carboxylic acids is 1. The number of carboxylic acids is 1. The molecule has 7 nitrogen and oxygen atoms in total. The summed E-state index contributed by atoms with van der Waals surface area (Å²) in [4.78, 5) is 27.5. The van der Waals surface area contributed by atoms with Gasteiger partial charge in [-0.05, 0) is 0 Å². The standard InChI is InChI=1S/C10H16N4O3/c1-8(10(16)17)5-13(2)9(15)3-4-14-7-11-6-12-14/h6-8H,3-5H2,1-2H3,(H,16,17). The van der Waals surface area contributed by atoms with Gasteiger partial charge in [0, 0.05) is 20.0 Å². The van der Waals surface area contributed by atoms with Gasteiger partial charge in [0.1, 0.15) is 12.7 Å². The van der Waals surface area contributed by atoms with E-state index in [-0.39, 0.29) is 18.9 Å². The third kappa shape index (κ3) is 4.21. The molecule has 0 saturated carbocycles. The molecule has 7 heteroatoms. The van der Waals surface area contributed by atoms with Crippen LogP contribution in [-0.2, 0) is 16.1 Å². The molecule has 0 spiro atoms. The van der Waals surface area contributed by atoms with E-state index in [0.29, 0.717) is 6.54 Å². The van der Waals surface area contributed by atoms with Crippen molar-refractivity contribution in [1.82, 2.24) is 19.7 Å². The van der Waals surface area contributed by atoms with Crippen LogP contribution in [0.2, 0.25) is 0 Å². The highest BCUT2D eigenvalue weighted by molar-refractivity contribution is 5.77. The highest BCUT2D eigenvalue weighted by atomic mass is 16.4. The van der Waals surface area contributed by atoms with Gasteiger partial charge in [0.25, 0.3) is 0 Å². The van der Waals surface area contributed by atoms with Crippen LogP contribution in [0.25, 0.3) is 0 Å². The molecule has 0 aliphatic rings. The summed E-state index contributed by atoms with van der Waals surface area (Å²) >= 11 is 0. The summed E-state index contributed by atoms with van der Waals surface area (Å²) in [5, 5.41) is 12.6. The van der Waals surface area contributed by atoms with Gasteiger partial charge in [0.2, 0.25) is 5.91 Å². The Morgan fingerprint density at radius 2 is 2.24 bits per heavy atom. The Labute approximate surface area is 99.1 Å². The maximum Gasteiger partial charge on any atom is 0.308 e. The average molecular weight is 240 g/mol. The van der Waals surface area contributed by atoms with E-state index in [0.717, 1.165) is 0 Å². The highest BCUT2D eigenvalue weighted by Gasteiger charge is 2.17. The van der Waals surface area contributed by atoms with Crippen LogP contribution < -0.4 is 0 Å². The lowest BCUT2D eigenvalue weighted by Crippen LogP contribution is -2.34. The fourth-order valence-electron chi connectivity index (χ4n) is 1.34. The quantitative estimate of drug-likeness (QED) is 0.746. The van der Waals surface area contributed by atoms with Crippen LogP contribution in [0.5, 0.6) is 0 Å². The highest BCUT2D eigenvalue weighted by Crippen LogP contribution is 2.01. The smallest absolute Gasteiger partial charge is 0.308 e. The lowest BCUT2D eigenvalue weighted by Gasteiger charge is -2.19. The molecule has 0 fully saturated rings. The van der Waals surface area contributed by atoms with Crippen molar-refractivity contribution in [2.45, 2.75) is 19.9 Å². The third-order valence-electron chi connectivity index (χ3n) is 2.42. The fraction of sp³-hybridized carbons (Fsp3) is 0.600. The predicted octanol–water partition coefficient (Wildman–Crippen LogP) is -0.153. The van der Waals surface area contributed by atoms with E-state index in [1.54, 1.807) is 18.7 Å². The number of hydrogen-bond acceptors (Lipinski definition) is 4. The largest absolute Gasteiger partial charge is 0.481 e. The lowest BCUT2D eigenvalue weighted by atomic mass is 10.1. The summed E-state index contributed by atoms with van der Waals surface area (Å²) in [6, 6.07) is 0. The topological polar surface area (TPSA) is 88.3 Å². The van der Waals surface area contributed by atoms with Crippen LogP contribution in [0.4, 0.5) is 0 Å². The van der Waals surface area contributed by atoms with E-state index >= 15 is 0 Å². The number of hydrogen-bond donors (Lipinski definition) is 1. The van der Waals surface area contributed by atoms with E-state index in [2.05, 4.69) is 10.1 Å². The van der Waals surface area contributed by atoms with Gasteiger partial charge in [-0.3, -0.25) is 14.3 Å². The van der Waals surface area contributed by atoms with Crippen molar-refractivity contribution in [3.8, 4) is 0 Å². The third-order valence-corrected chi connectivity index (χ3v) is 2.42. The number of aliphatic carboxylic acids is 1. The Morgan fingerprint density at radius 3 is 2.76 bits per heavy atom. The molecular weight excluding hydrogens is 224 g/mol. The summed E-state index contributed by atoms with van der Waals surface area (Å²) in [6.45, 7) is 2.24. The van der Waals surface area contributed by atoms with Crippen molar-refractivity contribution in [3.63, 3.8) is 0 Å². The molecule has 1 aromatic heterocycles. The molecule has 1 rings (SSSR count). The summed E-state index contributed by atoms with van der Waals surface area (Å²) in [5.74, 6) is -1.56. The molecule has 1 unspecified atom stereocenters. The van der Waals surface area contributed by atoms with Crippen LogP contribution in [0, 0.1) is 5.92 Å². The van der Waals surface area contributed by atoms with E-state index in [1.165, 1.54) is 17.6 Å². The molecule has 94 valence electrons. The van der Waals surface area contributed by atoms with E-state index in [9.17, 15) is 9.59 Å². The fourth-order valence-corrected chi connectivity index (χ4v) is 1.34. The maximum absolute atomic E-state index is 11.7. The Morgan fingerprint density at radius 1 is 1.53 bits per heavy atom. The zero-order chi connectivity index (χ0) is 12.8. The molecule has 0 saturated heterocycles. The van der Waals surface area contributed by atoms with Gasteiger partial charge in [0.15, 0.2) is 0 Å². The number of nitrogens with zero attached hydrogens (tertiary/aromatic N) is 4. The first-order valence-electron chi connectivity index (χ1n) is 5.30. The second-order valence-electron chi connectivity index (χ2n) is 3.92. The predicted molar refractivity (Wildman–Crippen MR) is 59.1 cm³/mol. The summed E-state index contributed by atoms with van der Waals surface area (Å²) in [7, 11) is 1.60. The molecule has 0 radical (unpaired) electrons. The minimum atomic E-state index is -0.902. The van der Waals surface area contributed by atoms with Crippen LogP contribution in [0.3, 0.4) is 0 Å². The van der Waals surface area contributed by atoms with Crippen LogP contribution in [0.15, 0.2) is 12.7 Å². The summed E-state index contributed by atoms with van der Waals surface area (Å²) < 4.78 is 1.56.